The number of para-hydroxylation sites is 1. The van der Waals surface area contributed by atoms with E-state index in [1.165, 1.54) is 0 Å². The monoisotopic (exact) mass is 426 g/mol. The smallest absolute Gasteiger partial charge is 0.338 e. The number of ether oxygens (including phenoxy) is 2. The Hall–Kier alpha value is -4.19. The van der Waals surface area contributed by atoms with E-state index in [1.54, 1.807) is 31.2 Å². The Kier molecular flexibility index (Phi) is 6.41. The van der Waals surface area contributed by atoms with Crippen LogP contribution in [-0.2, 0) is 9.53 Å². The van der Waals surface area contributed by atoms with Crippen LogP contribution in [0, 0.1) is 0 Å². The van der Waals surface area contributed by atoms with Gasteiger partial charge >= 0.3 is 5.97 Å². The van der Waals surface area contributed by atoms with E-state index < -0.39 is 5.97 Å². The standard InChI is InChI=1S/C26H22N2O4/c1-2-31-26(30)19-12-14-20(15-13-19)27-25(29)17-32-24-16-23(18-8-4-3-5-9-18)28-22-11-7-6-10-21(22)24/h3-16H,2,17H2,1H3,(H,27,29). The molecule has 0 spiro atoms. The lowest BCUT2D eigenvalue weighted by atomic mass is 10.1. The zero-order valence-corrected chi connectivity index (χ0v) is 17.6. The van der Waals surface area contributed by atoms with Crippen molar-refractivity contribution in [3.8, 4) is 17.0 Å². The summed E-state index contributed by atoms with van der Waals surface area (Å²) in [4.78, 5) is 28.9. The number of hydrogen-bond acceptors (Lipinski definition) is 5. The summed E-state index contributed by atoms with van der Waals surface area (Å²) in [5, 5.41) is 3.61. The molecule has 0 saturated heterocycles. The lowest BCUT2D eigenvalue weighted by molar-refractivity contribution is -0.118. The Labute approximate surface area is 185 Å². The number of carbonyl (C=O) groups excluding carboxylic acids is 2. The van der Waals surface area contributed by atoms with Crippen molar-refractivity contribution in [3.63, 3.8) is 0 Å². The van der Waals surface area contributed by atoms with Gasteiger partial charge in [-0.25, -0.2) is 9.78 Å². The average Bonchev–Trinajstić information content (AvgIpc) is 2.83. The van der Waals surface area contributed by atoms with Gasteiger partial charge in [0.25, 0.3) is 5.91 Å². The first-order chi connectivity index (χ1) is 15.6. The Morgan fingerprint density at radius 1 is 0.906 bits per heavy atom. The molecule has 0 aliphatic carbocycles. The van der Waals surface area contributed by atoms with Gasteiger partial charge in [0.1, 0.15) is 5.75 Å². The van der Waals surface area contributed by atoms with E-state index in [9.17, 15) is 9.59 Å². The van der Waals surface area contributed by atoms with E-state index >= 15 is 0 Å². The molecule has 4 rings (SSSR count). The third-order valence-electron chi connectivity index (χ3n) is 4.79. The largest absolute Gasteiger partial charge is 0.483 e. The van der Waals surface area contributed by atoms with E-state index in [1.807, 2.05) is 60.7 Å². The molecule has 0 aliphatic rings. The Bertz CT molecular complexity index is 1240. The lowest BCUT2D eigenvalue weighted by Crippen LogP contribution is -2.20. The van der Waals surface area contributed by atoms with Crippen LogP contribution in [0.2, 0.25) is 0 Å². The van der Waals surface area contributed by atoms with Gasteiger partial charge in [0.05, 0.1) is 23.4 Å². The molecule has 0 bridgehead atoms. The number of nitrogens with zero attached hydrogens (tertiary/aromatic N) is 1. The highest BCUT2D eigenvalue weighted by molar-refractivity contribution is 5.94. The van der Waals surface area contributed by atoms with Gasteiger partial charge in [-0.15, -0.1) is 0 Å². The van der Waals surface area contributed by atoms with E-state index in [-0.39, 0.29) is 12.5 Å². The maximum Gasteiger partial charge on any atom is 0.338 e. The number of esters is 1. The molecule has 0 radical (unpaired) electrons. The molecule has 32 heavy (non-hydrogen) atoms. The first-order valence-electron chi connectivity index (χ1n) is 10.3. The van der Waals surface area contributed by atoms with Gasteiger partial charge in [0, 0.05) is 22.7 Å². The van der Waals surface area contributed by atoms with Crippen LogP contribution >= 0.6 is 0 Å². The SMILES string of the molecule is CCOC(=O)c1ccc(NC(=O)COc2cc(-c3ccccc3)nc3ccccc23)cc1. The predicted octanol–water partition coefficient (Wildman–Crippen LogP) is 5.10. The molecule has 0 fully saturated rings. The molecule has 1 aromatic heterocycles. The summed E-state index contributed by atoms with van der Waals surface area (Å²) in [7, 11) is 0. The number of hydrogen-bond donors (Lipinski definition) is 1. The second-order valence-corrected chi connectivity index (χ2v) is 7.02. The van der Waals surface area contributed by atoms with Crippen molar-refractivity contribution in [2.24, 2.45) is 0 Å². The van der Waals surface area contributed by atoms with Crippen LogP contribution in [-0.4, -0.2) is 30.1 Å². The highest BCUT2D eigenvalue weighted by Crippen LogP contribution is 2.30. The van der Waals surface area contributed by atoms with Crippen LogP contribution in [0.15, 0.2) is 84.9 Å². The highest BCUT2D eigenvalue weighted by atomic mass is 16.5. The van der Waals surface area contributed by atoms with Gasteiger partial charge in [0.2, 0.25) is 0 Å². The summed E-state index contributed by atoms with van der Waals surface area (Å²) in [6, 6.07) is 25.8. The Morgan fingerprint density at radius 2 is 1.62 bits per heavy atom. The first kappa shape index (κ1) is 21.1. The number of nitrogens with one attached hydrogen (secondary N) is 1. The number of amides is 1. The summed E-state index contributed by atoms with van der Waals surface area (Å²) in [6.07, 6.45) is 0. The highest BCUT2D eigenvalue weighted by Gasteiger charge is 2.11. The summed E-state index contributed by atoms with van der Waals surface area (Å²) < 4.78 is 10.8. The topological polar surface area (TPSA) is 77.5 Å². The average molecular weight is 426 g/mol. The number of carbonyl (C=O) groups is 2. The predicted molar refractivity (Wildman–Crippen MR) is 124 cm³/mol. The third-order valence-corrected chi connectivity index (χ3v) is 4.79. The lowest BCUT2D eigenvalue weighted by Gasteiger charge is -2.12. The van der Waals surface area contributed by atoms with Crippen molar-refractivity contribution < 1.29 is 19.1 Å². The van der Waals surface area contributed by atoms with Crippen molar-refractivity contribution in [3.05, 3.63) is 90.5 Å². The van der Waals surface area contributed by atoms with Crippen LogP contribution in [0.25, 0.3) is 22.2 Å². The van der Waals surface area contributed by atoms with Gasteiger partial charge < -0.3 is 14.8 Å². The fourth-order valence-electron chi connectivity index (χ4n) is 3.26. The molecule has 0 unspecified atom stereocenters. The number of fused-ring (bicyclic) bond motifs is 1. The maximum absolute atomic E-state index is 12.5. The fraction of sp³-hybridized carbons (Fsp3) is 0.115. The Balaban J connectivity index is 1.48. The van der Waals surface area contributed by atoms with E-state index in [0.717, 1.165) is 22.2 Å². The summed E-state index contributed by atoms with van der Waals surface area (Å²) in [5.41, 5.74) is 3.52. The molecule has 0 aliphatic heterocycles. The second-order valence-electron chi connectivity index (χ2n) is 7.02. The molecule has 0 saturated carbocycles. The zero-order chi connectivity index (χ0) is 22.3. The molecule has 3 aromatic carbocycles. The van der Waals surface area contributed by atoms with Crippen LogP contribution in [0.5, 0.6) is 5.75 Å². The summed E-state index contributed by atoms with van der Waals surface area (Å²) in [5.74, 6) is -0.120. The molecular weight excluding hydrogens is 404 g/mol. The van der Waals surface area contributed by atoms with Gasteiger partial charge in [0.15, 0.2) is 6.61 Å². The third kappa shape index (κ3) is 4.92. The minimum Gasteiger partial charge on any atom is -0.483 e. The molecule has 1 heterocycles. The van der Waals surface area contributed by atoms with Crippen LogP contribution in [0.4, 0.5) is 5.69 Å². The van der Waals surface area contributed by atoms with E-state index in [4.69, 9.17) is 14.5 Å². The Morgan fingerprint density at radius 3 is 2.38 bits per heavy atom. The van der Waals surface area contributed by atoms with Crippen LogP contribution < -0.4 is 10.1 Å². The van der Waals surface area contributed by atoms with Crippen molar-refractivity contribution >= 4 is 28.5 Å². The molecule has 160 valence electrons. The summed E-state index contributed by atoms with van der Waals surface area (Å²) in [6.45, 7) is 1.90. The minimum absolute atomic E-state index is 0.165. The van der Waals surface area contributed by atoms with Crippen LogP contribution in [0.3, 0.4) is 0 Å². The van der Waals surface area contributed by atoms with Gasteiger partial charge in [-0.2, -0.15) is 0 Å². The van der Waals surface area contributed by atoms with Gasteiger partial charge in [-0.3, -0.25) is 4.79 Å². The zero-order valence-electron chi connectivity index (χ0n) is 17.6. The second kappa shape index (κ2) is 9.75. The molecule has 6 nitrogen and oxygen atoms in total. The van der Waals surface area contributed by atoms with Crippen molar-refractivity contribution in [1.82, 2.24) is 4.98 Å². The number of benzene rings is 3. The molecule has 1 N–H and O–H groups in total. The minimum atomic E-state index is -0.396. The van der Waals surface area contributed by atoms with Crippen molar-refractivity contribution in [2.45, 2.75) is 6.92 Å². The molecule has 4 aromatic rings. The number of rotatable bonds is 7. The number of pyridine rings is 1. The molecular formula is C26H22N2O4. The quantitative estimate of drug-likeness (QED) is 0.416. The van der Waals surface area contributed by atoms with E-state index in [2.05, 4.69) is 5.32 Å². The van der Waals surface area contributed by atoms with E-state index in [0.29, 0.717) is 23.6 Å². The number of anilines is 1. The fourth-order valence-corrected chi connectivity index (χ4v) is 3.26. The number of aromatic nitrogens is 1. The van der Waals surface area contributed by atoms with Gasteiger partial charge in [-0.05, 0) is 43.3 Å². The van der Waals surface area contributed by atoms with Crippen LogP contribution in [0.1, 0.15) is 17.3 Å². The maximum atomic E-state index is 12.5. The molecule has 0 atom stereocenters. The summed E-state index contributed by atoms with van der Waals surface area (Å²) >= 11 is 0. The molecule has 6 heteroatoms. The molecule has 1 amide bonds. The normalized spacial score (nSPS) is 10.5. The van der Waals surface area contributed by atoms with Crippen molar-refractivity contribution in [2.75, 3.05) is 18.5 Å². The van der Waals surface area contributed by atoms with Crippen molar-refractivity contribution in [1.29, 1.82) is 0 Å². The van der Waals surface area contributed by atoms with Gasteiger partial charge in [-0.1, -0.05) is 42.5 Å². The first-order valence-corrected chi connectivity index (χ1v) is 10.3.